The first-order valence-electron chi connectivity index (χ1n) is 11.2. The lowest BCUT2D eigenvalue weighted by Crippen LogP contribution is -2.43. The number of hydrogen-bond acceptors (Lipinski definition) is 8. The molecule has 4 heterocycles. The second-order valence-electron chi connectivity index (χ2n) is 8.84. The van der Waals surface area contributed by atoms with E-state index in [9.17, 15) is 18.4 Å². The summed E-state index contributed by atoms with van der Waals surface area (Å²) in [6, 6.07) is 3.04. The number of Topliss-reactive ketones (excluding diaryl/α,β-unsaturated/α-hetero) is 1. The van der Waals surface area contributed by atoms with E-state index < -0.39 is 36.1 Å². The first kappa shape index (κ1) is 22.3. The van der Waals surface area contributed by atoms with Gasteiger partial charge in [-0.3, -0.25) is 14.2 Å². The van der Waals surface area contributed by atoms with Gasteiger partial charge in [0.2, 0.25) is 5.95 Å². The highest BCUT2D eigenvalue weighted by Crippen LogP contribution is 2.45. The van der Waals surface area contributed by atoms with Crippen molar-refractivity contribution >= 4 is 34.3 Å². The molecule has 1 saturated carbocycles. The zero-order valence-electron chi connectivity index (χ0n) is 18.9. The Balaban J connectivity index is 1.50. The first-order valence-corrected chi connectivity index (χ1v) is 11.2. The van der Waals surface area contributed by atoms with E-state index in [1.54, 1.807) is 13.1 Å². The van der Waals surface area contributed by atoms with Crippen molar-refractivity contribution in [2.75, 3.05) is 36.4 Å². The zero-order chi connectivity index (χ0) is 24.0. The molecule has 0 atom stereocenters. The number of nitrogens with one attached hydrogen (secondary N) is 2. The highest BCUT2D eigenvalue weighted by atomic mass is 19.3. The molecule has 34 heavy (non-hydrogen) atoms. The van der Waals surface area contributed by atoms with Crippen molar-refractivity contribution in [2.45, 2.75) is 38.7 Å². The minimum atomic E-state index is -2.83. The fraction of sp³-hybridized carbons (Fsp3) is 0.435. The van der Waals surface area contributed by atoms with Gasteiger partial charge in [-0.2, -0.15) is 4.98 Å². The molecular weight excluding hydrogens is 444 g/mol. The summed E-state index contributed by atoms with van der Waals surface area (Å²) >= 11 is 0. The summed E-state index contributed by atoms with van der Waals surface area (Å²) in [7, 11) is 0. The number of nitrogens with zero attached hydrogens (tertiary/aromatic N) is 5. The molecule has 5 rings (SSSR count). The summed E-state index contributed by atoms with van der Waals surface area (Å²) in [6.07, 6.45) is 2.34. The Morgan fingerprint density at radius 3 is 2.53 bits per heavy atom. The number of ketones is 1. The van der Waals surface area contributed by atoms with Crippen LogP contribution in [0.1, 0.15) is 41.7 Å². The molecule has 0 bridgehead atoms. The number of anilines is 3. The van der Waals surface area contributed by atoms with E-state index in [0.29, 0.717) is 16.8 Å². The van der Waals surface area contributed by atoms with Crippen molar-refractivity contribution in [1.29, 1.82) is 0 Å². The van der Waals surface area contributed by atoms with Crippen LogP contribution in [0.25, 0.3) is 11.0 Å². The molecule has 11 heteroatoms. The number of alkyl halides is 2. The van der Waals surface area contributed by atoms with Crippen LogP contribution in [0.15, 0.2) is 29.3 Å². The smallest absolute Gasteiger partial charge is 0.263 e. The van der Waals surface area contributed by atoms with E-state index in [1.165, 1.54) is 17.7 Å². The molecule has 9 nitrogen and oxygen atoms in total. The van der Waals surface area contributed by atoms with Gasteiger partial charge in [-0.25, -0.2) is 18.7 Å². The molecule has 2 aliphatic rings. The lowest BCUT2D eigenvalue weighted by Gasteiger charge is -2.36. The maximum atomic E-state index is 13.6. The largest absolute Gasteiger partial charge is 0.368 e. The highest BCUT2D eigenvalue weighted by molar-refractivity contribution is 5.99. The lowest BCUT2D eigenvalue weighted by molar-refractivity contribution is -0.104. The van der Waals surface area contributed by atoms with Gasteiger partial charge in [0.05, 0.1) is 23.5 Å². The molecular formula is C23H25F2N7O2. The molecule has 0 radical (unpaired) electrons. The number of pyridine rings is 2. The molecule has 1 aliphatic heterocycles. The van der Waals surface area contributed by atoms with Crippen LogP contribution in [0.5, 0.6) is 0 Å². The third-order valence-corrected chi connectivity index (χ3v) is 6.46. The molecule has 1 aliphatic carbocycles. The van der Waals surface area contributed by atoms with E-state index in [0.717, 1.165) is 31.9 Å². The molecule has 0 aromatic carbocycles. The number of rotatable bonds is 5. The SMILES string of the molecule is CC(=O)c1c(C)c2cnc(Nc3ccc(N4CCNCC4)cn3)nc2n(C2CC(F)(F)C2)c1=O. The second-order valence-corrected chi connectivity index (χ2v) is 8.84. The maximum absolute atomic E-state index is 13.6. The monoisotopic (exact) mass is 469 g/mol. The van der Waals surface area contributed by atoms with Gasteiger partial charge < -0.3 is 15.5 Å². The van der Waals surface area contributed by atoms with Crippen molar-refractivity contribution in [1.82, 2.24) is 24.8 Å². The van der Waals surface area contributed by atoms with Gasteiger partial charge >= 0.3 is 0 Å². The Bertz CT molecular complexity index is 1310. The fourth-order valence-electron chi connectivity index (χ4n) is 4.64. The van der Waals surface area contributed by atoms with Crippen LogP contribution in [-0.2, 0) is 0 Å². The standard InChI is InChI=1S/C23H25F2N7O2/c1-13-17-12-28-22(29-18-4-3-15(11-27-18)31-7-5-26-6-8-31)30-20(17)32(16-9-23(24,25)10-16)21(34)19(13)14(2)33/h3-4,11-12,16,26H,5-10H2,1-2H3,(H,27,28,29,30). The van der Waals surface area contributed by atoms with Gasteiger partial charge in [-0.15, -0.1) is 0 Å². The zero-order valence-corrected chi connectivity index (χ0v) is 18.9. The van der Waals surface area contributed by atoms with E-state index in [-0.39, 0.29) is 17.2 Å². The number of carbonyl (C=O) groups is 1. The summed E-state index contributed by atoms with van der Waals surface area (Å²) in [6.45, 7) is 6.59. The van der Waals surface area contributed by atoms with Crippen molar-refractivity contribution in [3.8, 4) is 0 Å². The maximum Gasteiger partial charge on any atom is 0.263 e. The number of hydrogen-bond donors (Lipinski definition) is 2. The van der Waals surface area contributed by atoms with Gasteiger partial charge in [-0.05, 0) is 31.5 Å². The predicted molar refractivity (Wildman–Crippen MR) is 124 cm³/mol. The third kappa shape index (κ3) is 4.00. The van der Waals surface area contributed by atoms with E-state index in [2.05, 4.69) is 30.5 Å². The minimum Gasteiger partial charge on any atom is -0.368 e. The van der Waals surface area contributed by atoms with Crippen LogP contribution < -0.4 is 21.1 Å². The first-order chi connectivity index (χ1) is 16.2. The van der Waals surface area contributed by atoms with Crippen molar-refractivity contribution < 1.29 is 13.6 Å². The normalized spacial score (nSPS) is 18.1. The summed E-state index contributed by atoms with van der Waals surface area (Å²) in [5, 5.41) is 6.82. The van der Waals surface area contributed by atoms with Gasteiger partial charge in [-0.1, -0.05) is 0 Å². The molecule has 1 saturated heterocycles. The van der Waals surface area contributed by atoms with Gasteiger partial charge in [0.1, 0.15) is 11.5 Å². The third-order valence-electron chi connectivity index (χ3n) is 6.46. The van der Waals surface area contributed by atoms with Crippen LogP contribution in [0, 0.1) is 6.92 Å². The fourth-order valence-corrected chi connectivity index (χ4v) is 4.64. The van der Waals surface area contributed by atoms with E-state index >= 15 is 0 Å². The Labute approximate surface area is 194 Å². The summed E-state index contributed by atoms with van der Waals surface area (Å²) in [4.78, 5) is 40.8. The summed E-state index contributed by atoms with van der Waals surface area (Å²) in [5.74, 6) is -2.55. The Kier molecular flexibility index (Phi) is 5.51. The van der Waals surface area contributed by atoms with Crippen LogP contribution in [0.2, 0.25) is 0 Å². The Morgan fingerprint density at radius 1 is 1.18 bits per heavy atom. The molecule has 3 aromatic heterocycles. The average molecular weight is 469 g/mol. The number of carbonyl (C=O) groups excluding carboxylic acids is 1. The molecule has 178 valence electrons. The summed E-state index contributed by atoms with van der Waals surface area (Å²) < 4.78 is 28.5. The average Bonchev–Trinajstić information content (AvgIpc) is 2.79. The highest BCUT2D eigenvalue weighted by Gasteiger charge is 2.47. The van der Waals surface area contributed by atoms with E-state index in [1.807, 2.05) is 12.1 Å². The quantitative estimate of drug-likeness (QED) is 0.550. The van der Waals surface area contributed by atoms with Gasteiger partial charge in [0.25, 0.3) is 11.5 Å². The van der Waals surface area contributed by atoms with Crippen LogP contribution >= 0.6 is 0 Å². The predicted octanol–water partition coefficient (Wildman–Crippen LogP) is 2.82. The van der Waals surface area contributed by atoms with Crippen LogP contribution in [-0.4, -0.2) is 57.4 Å². The number of aromatic nitrogens is 4. The number of aryl methyl sites for hydroxylation is 1. The van der Waals surface area contributed by atoms with Crippen molar-refractivity contribution in [3.63, 3.8) is 0 Å². The van der Waals surface area contributed by atoms with Gasteiger partial charge in [0.15, 0.2) is 5.78 Å². The molecule has 0 spiro atoms. The lowest BCUT2D eigenvalue weighted by atomic mass is 9.87. The second kappa shape index (κ2) is 8.39. The van der Waals surface area contributed by atoms with Crippen molar-refractivity contribution in [3.05, 3.63) is 46.0 Å². The number of piperazine rings is 1. The van der Waals surface area contributed by atoms with Crippen LogP contribution in [0.3, 0.4) is 0 Å². The van der Waals surface area contributed by atoms with E-state index in [4.69, 9.17) is 0 Å². The minimum absolute atomic E-state index is 0.0165. The number of fused-ring (bicyclic) bond motifs is 1. The Hall–Kier alpha value is -3.47. The number of halogens is 2. The molecule has 2 fully saturated rings. The molecule has 0 amide bonds. The molecule has 2 N–H and O–H groups in total. The van der Waals surface area contributed by atoms with Crippen molar-refractivity contribution in [2.24, 2.45) is 0 Å². The molecule has 0 unspecified atom stereocenters. The van der Waals surface area contributed by atoms with Gasteiger partial charge in [0, 0.05) is 50.6 Å². The Morgan fingerprint density at radius 2 is 1.91 bits per heavy atom. The molecule has 3 aromatic rings. The topological polar surface area (TPSA) is 105 Å². The van der Waals surface area contributed by atoms with Crippen LogP contribution in [0.4, 0.5) is 26.2 Å². The summed E-state index contributed by atoms with van der Waals surface area (Å²) in [5.41, 5.74) is 1.07.